The van der Waals surface area contributed by atoms with Crippen LogP contribution >= 0.6 is 11.6 Å². The molecule has 0 aliphatic carbocycles. The van der Waals surface area contributed by atoms with Gasteiger partial charge in [0.05, 0.1) is 11.0 Å². The maximum Gasteiger partial charge on any atom is 0.231 e. The minimum atomic E-state index is -0.00683. The standard InChI is InChI=1S/C25H20ClN3O3/c26-18-7-5-16(6-8-18)13-29-21-4-2-1-3-20(21)27-25(29)17-11-24(30)28(14-17)19-9-10-22-23(12-19)32-15-31-22/h1-10,12,17H,11,13-15H2. The SMILES string of the molecule is O=C1CC(c2nc3ccccc3n2Cc2ccc(Cl)cc2)CN1c1ccc2c(c1)OCO2. The van der Waals surface area contributed by atoms with Crippen molar-refractivity contribution < 1.29 is 14.3 Å². The fraction of sp³-hybridized carbons (Fsp3) is 0.200. The van der Waals surface area contributed by atoms with Gasteiger partial charge in [-0.15, -0.1) is 0 Å². The van der Waals surface area contributed by atoms with Crippen molar-refractivity contribution in [1.29, 1.82) is 0 Å². The Morgan fingerprint density at radius 2 is 1.81 bits per heavy atom. The predicted octanol–water partition coefficient (Wildman–Crippen LogP) is 4.99. The third kappa shape index (κ3) is 3.28. The van der Waals surface area contributed by atoms with Crippen LogP contribution in [-0.4, -0.2) is 28.8 Å². The molecule has 7 heteroatoms. The van der Waals surface area contributed by atoms with Gasteiger partial charge in [-0.25, -0.2) is 4.98 Å². The average molecular weight is 446 g/mol. The van der Waals surface area contributed by atoms with E-state index < -0.39 is 0 Å². The number of halogens is 1. The minimum Gasteiger partial charge on any atom is -0.454 e. The topological polar surface area (TPSA) is 56.6 Å². The molecule has 32 heavy (non-hydrogen) atoms. The second kappa shape index (κ2) is 7.57. The molecular formula is C25H20ClN3O3. The molecule has 0 bridgehead atoms. The van der Waals surface area contributed by atoms with Crippen molar-refractivity contribution in [3.63, 3.8) is 0 Å². The average Bonchev–Trinajstić information content (AvgIpc) is 3.52. The third-order valence-corrected chi connectivity index (χ3v) is 6.35. The van der Waals surface area contributed by atoms with Gasteiger partial charge in [0, 0.05) is 42.2 Å². The lowest BCUT2D eigenvalue weighted by molar-refractivity contribution is -0.117. The van der Waals surface area contributed by atoms with Crippen LogP contribution in [0.4, 0.5) is 5.69 Å². The van der Waals surface area contributed by atoms with E-state index in [1.54, 1.807) is 0 Å². The Labute approximate surface area is 189 Å². The highest BCUT2D eigenvalue weighted by atomic mass is 35.5. The molecule has 0 saturated carbocycles. The van der Waals surface area contributed by atoms with E-state index in [9.17, 15) is 4.79 Å². The normalized spacial score (nSPS) is 17.5. The summed E-state index contributed by atoms with van der Waals surface area (Å²) in [5.41, 5.74) is 3.95. The van der Waals surface area contributed by atoms with Crippen LogP contribution in [0.15, 0.2) is 66.7 Å². The van der Waals surface area contributed by atoms with E-state index >= 15 is 0 Å². The van der Waals surface area contributed by atoms with Crippen molar-refractivity contribution in [1.82, 2.24) is 9.55 Å². The molecule has 0 radical (unpaired) electrons. The number of carbonyl (C=O) groups excluding carboxylic acids is 1. The first-order valence-electron chi connectivity index (χ1n) is 10.6. The highest BCUT2D eigenvalue weighted by molar-refractivity contribution is 6.30. The van der Waals surface area contributed by atoms with E-state index in [1.165, 1.54) is 0 Å². The summed E-state index contributed by atoms with van der Waals surface area (Å²) in [6.45, 7) is 1.45. The van der Waals surface area contributed by atoms with Gasteiger partial charge in [-0.05, 0) is 42.0 Å². The van der Waals surface area contributed by atoms with Crippen LogP contribution in [0.3, 0.4) is 0 Å². The number of rotatable bonds is 4. The maximum absolute atomic E-state index is 13.0. The van der Waals surface area contributed by atoms with Crippen molar-refractivity contribution in [2.45, 2.75) is 18.9 Å². The van der Waals surface area contributed by atoms with Gasteiger partial charge in [-0.2, -0.15) is 0 Å². The summed E-state index contributed by atoms with van der Waals surface area (Å²) >= 11 is 6.07. The second-order valence-electron chi connectivity index (χ2n) is 8.11. The van der Waals surface area contributed by atoms with Crippen LogP contribution in [-0.2, 0) is 11.3 Å². The molecule has 1 atom stereocenters. The van der Waals surface area contributed by atoms with E-state index in [0.29, 0.717) is 36.0 Å². The molecule has 1 unspecified atom stereocenters. The van der Waals surface area contributed by atoms with Crippen LogP contribution in [0, 0.1) is 0 Å². The molecule has 3 aromatic carbocycles. The molecule has 2 aliphatic rings. The van der Waals surface area contributed by atoms with E-state index in [1.807, 2.05) is 65.6 Å². The quantitative estimate of drug-likeness (QED) is 0.444. The third-order valence-electron chi connectivity index (χ3n) is 6.10. The monoisotopic (exact) mass is 445 g/mol. The largest absolute Gasteiger partial charge is 0.454 e. The first-order valence-corrected chi connectivity index (χ1v) is 10.9. The molecule has 160 valence electrons. The first kappa shape index (κ1) is 19.2. The van der Waals surface area contributed by atoms with Crippen LogP contribution in [0.5, 0.6) is 11.5 Å². The Balaban J connectivity index is 1.35. The maximum atomic E-state index is 13.0. The molecule has 6 rings (SSSR count). The molecule has 1 fully saturated rings. The molecule has 4 aromatic rings. The Morgan fingerprint density at radius 1 is 1.00 bits per heavy atom. The van der Waals surface area contributed by atoms with Gasteiger partial charge < -0.3 is 18.9 Å². The number of amides is 1. The van der Waals surface area contributed by atoms with Gasteiger partial charge in [-0.3, -0.25) is 4.79 Å². The van der Waals surface area contributed by atoms with Crippen molar-refractivity contribution in [2.24, 2.45) is 0 Å². The summed E-state index contributed by atoms with van der Waals surface area (Å²) in [5.74, 6) is 2.39. The number of carbonyl (C=O) groups is 1. The molecular weight excluding hydrogens is 426 g/mol. The number of imidazole rings is 1. The lowest BCUT2D eigenvalue weighted by Gasteiger charge is -2.18. The van der Waals surface area contributed by atoms with Crippen LogP contribution in [0.1, 0.15) is 23.7 Å². The van der Waals surface area contributed by atoms with E-state index in [0.717, 1.165) is 28.1 Å². The van der Waals surface area contributed by atoms with E-state index in [4.69, 9.17) is 26.1 Å². The Bertz CT molecular complexity index is 1330. The summed E-state index contributed by atoms with van der Waals surface area (Å²) < 4.78 is 13.1. The summed E-state index contributed by atoms with van der Waals surface area (Å²) in [6.07, 6.45) is 0.415. The van der Waals surface area contributed by atoms with Crippen LogP contribution < -0.4 is 14.4 Å². The van der Waals surface area contributed by atoms with Gasteiger partial charge in [0.25, 0.3) is 0 Å². The zero-order chi connectivity index (χ0) is 21.7. The molecule has 0 N–H and O–H groups in total. The van der Waals surface area contributed by atoms with Crippen molar-refractivity contribution in [2.75, 3.05) is 18.2 Å². The number of anilines is 1. The second-order valence-corrected chi connectivity index (χ2v) is 8.55. The number of aromatic nitrogens is 2. The number of hydrogen-bond acceptors (Lipinski definition) is 4. The number of fused-ring (bicyclic) bond motifs is 2. The van der Waals surface area contributed by atoms with Crippen LogP contribution in [0.25, 0.3) is 11.0 Å². The predicted molar refractivity (Wildman–Crippen MR) is 123 cm³/mol. The summed E-state index contributed by atoms with van der Waals surface area (Å²) in [5, 5.41) is 0.713. The molecule has 2 aliphatic heterocycles. The molecule has 1 amide bonds. The highest BCUT2D eigenvalue weighted by Crippen LogP contribution is 2.39. The summed E-state index contributed by atoms with van der Waals surface area (Å²) in [7, 11) is 0. The number of para-hydroxylation sites is 2. The van der Waals surface area contributed by atoms with Gasteiger partial charge in [0.15, 0.2) is 11.5 Å². The van der Waals surface area contributed by atoms with Gasteiger partial charge in [0.2, 0.25) is 12.7 Å². The van der Waals surface area contributed by atoms with Gasteiger partial charge in [-0.1, -0.05) is 35.9 Å². The van der Waals surface area contributed by atoms with Crippen LogP contribution in [0.2, 0.25) is 5.02 Å². The number of hydrogen-bond donors (Lipinski definition) is 0. The molecule has 0 spiro atoms. The Hall–Kier alpha value is -3.51. The van der Waals surface area contributed by atoms with E-state index in [-0.39, 0.29) is 18.6 Å². The Kier molecular flexibility index (Phi) is 4.54. The van der Waals surface area contributed by atoms with Crippen molar-refractivity contribution in [3.8, 4) is 11.5 Å². The zero-order valence-corrected chi connectivity index (χ0v) is 18.0. The molecule has 1 aromatic heterocycles. The summed E-state index contributed by atoms with van der Waals surface area (Å²) in [6, 6.07) is 21.6. The molecule has 3 heterocycles. The smallest absolute Gasteiger partial charge is 0.231 e. The molecule has 6 nitrogen and oxygen atoms in total. The fourth-order valence-electron chi connectivity index (χ4n) is 4.53. The number of nitrogens with zero attached hydrogens (tertiary/aromatic N) is 3. The van der Waals surface area contributed by atoms with E-state index in [2.05, 4.69) is 10.6 Å². The lowest BCUT2D eigenvalue weighted by Crippen LogP contribution is -2.24. The first-order chi connectivity index (χ1) is 15.7. The molecule has 1 saturated heterocycles. The van der Waals surface area contributed by atoms with Crippen molar-refractivity contribution in [3.05, 3.63) is 83.1 Å². The lowest BCUT2D eigenvalue weighted by atomic mass is 10.1. The van der Waals surface area contributed by atoms with Gasteiger partial charge in [0.1, 0.15) is 5.82 Å². The van der Waals surface area contributed by atoms with Crippen molar-refractivity contribution >= 4 is 34.2 Å². The fourth-order valence-corrected chi connectivity index (χ4v) is 4.65. The summed E-state index contributed by atoms with van der Waals surface area (Å²) in [4.78, 5) is 19.7. The zero-order valence-electron chi connectivity index (χ0n) is 17.2. The van der Waals surface area contributed by atoms with Gasteiger partial charge >= 0.3 is 0 Å². The Morgan fingerprint density at radius 3 is 2.69 bits per heavy atom. The minimum absolute atomic E-state index is 0.00683. The highest BCUT2D eigenvalue weighted by Gasteiger charge is 2.35. The number of ether oxygens (including phenoxy) is 2. The number of benzene rings is 3.